The molecule has 1 amide bonds. The number of carbonyl (C=O) groups excluding carboxylic acids is 1. The van der Waals surface area contributed by atoms with Crippen molar-refractivity contribution in [3.05, 3.63) is 65.4 Å². The number of benzene rings is 2. The van der Waals surface area contributed by atoms with Gasteiger partial charge in [-0.05, 0) is 42.5 Å². The molecule has 1 aromatic heterocycles. The molecule has 0 fully saturated rings. The quantitative estimate of drug-likeness (QED) is 0.777. The summed E-state index contributed by atoms with van der Waals surface area (Å²) in [6, 6.07) is 15.8. The lowest BCUT2D eigenvalue weighted by molar-refractivity contribution is -0.119. The fourth-order valence-corrected chi connectivity index (χ4v) is 3.96. The van der Waals surface area contributed by atoms with Crippen molar-refractivity contribution >= 4 is 16.8 Å². The van der Waals surface area contributed by atoms with Gasteiger partial charge >= 0.3 is 0 Å². The number of primary amides is 1. The van der Waals surface area contributed by atoms with Crippen molar-refractivity contribution in [1.82, 2.24) is 4.57 Å². The first-order valence-corrected chi connectivity index (χ1v) is 8.33. The van der Waals surface area contributed by atoms with Gasteiger partial charge in [0, 0.05) is 17.6 Å². The van der Waals surface area contributed by atoms with Crippen LogP contribution < -0.4 is 5.73 Å². The molecule has 1 aliphatic rings. The second-order valence-corrected chi connectivity index (χ2v) is 6.45. The van der Waals surface area contributed by atoms with Crippen LogP contribution in [0, 0.1) is 0 Å². The van der Waals surface area contributed by atoms with E-state index in [1.54, 1.807) is 6.07 Å². The number of hydrogen-bond donors (Lipinski definition) is 2. The maximum Gasteiger partial charge on any atom is 0.225 e. The van der Waals surface area contributed by atoms with Gasteiger partial charge in [-0.15, -0.1) is 0 Å². The highest BCUT2D eigenvalue weighted by Gasteiger charge is 2.31. The van der Waals surface area contributed by atoms with E-state index in [0.717, 1.165) is 48.0 Å². The molecule has 3 aromatic rings. The summed E-state index contributed by atoms with van der Waals surface area (Å²) in [5.41, 5.74) is 9.88. The first-order valence-electron chi connectivity index (χ1n) is 8.33. The van der Waals surface area contributed by atoms with Crippen LogP contribution in [0.4, 0.5) is 0 Å². The van der Waals surface area contributed by atoms with E-state index < -0.39 is 0 Å². The summed E-state index contributed by atoms with van der Waals surface area (Å²) in [5, 5.41) is 11.2. The highest BCUT2D eigenvalue weighted by molar-refractivity contribution is 5.96. The molecule has 1 atom stereocenters. The third kappa shape index (κ3) is 2.26. The third-order valence-electron chi connectivity index (χ3n) is 5.00. The first-order chi connectivity index (χ1) is 11.7. The molecule has 1 aliphatic carbocycles. The average Bonchev–Trinajstić information content (AvgIpc) is 2.91. The number of hydrogen-bond acceptors (Lipinski definition) is 2. The molecule has 0 radical (unpaired) electrons. The molecule has 2 aromatic carbocycles. The van der Waals surface area contributed by atoms with Gasteiger partial charge in [0.05, 0.1) is 11.4 Å². The number of rotatable bonds is 3. The molecule has 4 heteroatoms. The average molecular weight is 320 g/mol. The molecule has 0 aliphatic heterocycles. The molecule has 1 unspecified atom stereocenters. The van der Waals surface area contributed by atoms with Gasteiger partial charge in [0.25, 0.3) is 0 Å². The van der Waals surface area contributed by atoms with Crippen molar-refractivity contribution in [2.45, 2.75) is 31.7 Å². The van der Waals surface area contributed by atoms with E-state index in [9.17, 15) is 9.90 Å². The normalized spacial score (nSPS) is 16.9. The van der Waals surface area contributed by atoms with E-state index in [-0.39, 0.29) is 17.6 Å². The second kappa shape index (κ2) is 5.71. The fraction of sp³-hybridized carbons (Fsp3) is 0.250. The lowest BCUT2D eigenvalue weighted by Gasteiger charge is -2.22. The molecule has 0 spiro atoms. The van der Waals surface area contributed by atoms with Crippen LogP contribution in [0.2, 0.25) is 0 Å². The lowest BCUT2D eigenvalue weighted by atomic mass is 9.84. The van der Waals surface area contributed by atoms with Crippen molar-refractivity contribution in [2.24, 2.45) is 5.73 Å². The first kappa shape index (κ1) is 14.8. The van der Waals surface area contributed by atoms with Crippen LogP contribution >= 0.6 is 0 Å². The molecule has 0 bridgehead atoms. The second-order valence-electron chi connectivity index (χ2n) is 6.45. The highest BCUT2D eigenvalue weighted by Crippen LogP contribution is 2.42. The SMILES string of the molecule is NC(=O)C1CCCc2c1c1c(O)cccc1n2Cc1ccccc1. The molecule has 1 heterocycles. The minimum atomic E-state index is -0.318. The minimum absolute atomic E-state index is 0.226. The Bertz CT molecular complexity index is 912. The van der Waals surface area contributed by atoms with Crippen LogP contribution in [-0.2, 0) is 17.8 Å². The van der Waals surface area contributed by atoms with Crippen molar-refractivity contribution in [3.8, 4) is 5.75 Å². The number of aromatic nitrogens is 1. The van der Waals surface area contributed by atoms with Gasteiger partial charge in [-0.25, -0.2) is 0 Å². The van der Waals surface area contributed by atoms with Crippen LogP contribution in [0.1, 0.15) is 35.6 Å². The number of phenolic OH excluding ortho intramolecular Hbond substituents is 1. The zero-order valence-electron chi connectivity index (χ0n) is 13.4. The van der Waals surface area contributed by atoms with Gasteiger partial charge < -0.3 is 15.4 Å². The zero-order chi connectivity index (χ0) is 16.7. The molecule has 3 N–H and O–H groups in total. The van der Waals surface area contributed by atoms with Crippen LogP contribution in [-0.4, -0.2) is 15.6 Å². The summed E-state index contributed by atoms with van der Waals surface area (Å²) in [6.45, 7) is 0.724. The van der Waals surface area contributed by atoms with Crippen molar-refractivity contribution in [1.29, 1.82) is 0 Å². The predicted molar refractivity (Wildman–Crippen MR) is 94.0 cm³/mol. The monoisotopic (exact) mass is 320 g/mol. The minimum Gasteiger partial charge on any atom is -0.507 e. The lowest BCUT2D eigenvalue weighted by Crippen LogP contribution is -2.25. The Balaban J connectivity index is 1.97. The van der Waals surface area contributed by atoms with E-state index in [0.29, 0.717) is 0 Å². The van der Waals surface area contributed by atoms with E-state index in [4.69, 9.17) is 5.73 Å². The number of nitrogens with two attached hydrogens (primary N) is 1. The molecule has 0 saturated carbocycles. The summed E-state index contributed by atoms with van der Waals surface area (Å²) in [4.78, 5) is 12.0. The molecular weight excluding hydrogens is 300 g/mol. The Labute approximate surface area is 140 Å². The Kier molecular flexibility index (Phi) is 3.53. The van der Waals surface area contributed by atoms with Crippen molar-refractivity contribution < 1.29 is 9.90 Å². The molecule has 4 nitrogen and oxygen atoms in total. The van der Waals surface area contributed by atoms with Gasteiger partial charge in [0.1, 0.15) is 5.75 Å². The summed E-state index contributed by atoms with van der Waals surface area (Å²) < 4.78 is 2.23. The van der Waals surface area contributed by atoms with Crippen LogP contribution in [0.5, 0.6) is 5.75 Å². The maximum absolute atomic E-state index is 12.0. The Morgan fingerprint density at radius 2 is 1.96 bits per heavy atom. The molecule has 122 valence electrons. The van der Waals surface area contributed by atoms with Crippen LogP contribution in [0.25, 0.3) is 10.9 Å². The highest BCUT2D eigenvalue weighted by atomic mass is 16.3. The van der Waals surface area contributed by atoms with E-state index in [1.807, 2.05) is 30.3 Å². The van der Waals surface area contributed by atoms with Crippen LogP contribution in [0.15, 0.2) is 48.5 Å². The van der Waals surface area contributed by atoms with Gasteiger partial charge in [0.15, 0.2) is 0 Å². The summed E-state index contributed by atoms with van der Waals surface area (Å²) in [5.74, 6) is -0.400. The number of aromatic hydroxyl groups is 1. The number of nitrogens with zero attached hydrogens (tertiary/aromatic N) is 1. The smallest absolute Gasteiger partial charge is 0.225 e. The topological polar surface area (TPSA) is 68.2 Å². The molecular formula is C20H20N2O2. The molecule has 4 rings (SSSR count). The fourth-order valence-electron chi connectivity index (χ4n) is 3.96. The van der Waals surface area contributed by atoms with Gasteiger partial charge in [-0.3, -0.25) is 4.79 Å². The summed E-state index contributed by atoms with van der Waals surface area (Å²) >= 11 is 0. The van der Waals surface area contributed by atoms with Gasteiger partial charge in [-0.2, -0.15) is 0 Å². The largest absolute Gasteiger partial charge is 0.507 e. The van der Waals surface area contributed by atoms with Crippen molar-refractivity contribution in [2.75, 3.05) is 0 Å². The predicted octanol–water partition coefficient (Wildman–Crippen LogP) is 3.30. The molecule has 0 saturated heterocycles. The third-order valence-corrected chi connectivity index (χ3v) is 5.00. The number of amides is 1. The number of fused-ring (bicyclic) bond motifs is 3. The van der Waals surface area contributed by atoms with E-state index in [1.165, 1.54) is 5.56 Å². The van der Waals surface area contributed by atoms with Crippen molar-refractivity contribution in [3.63, 3.8) is 0 Å². The van der Waals surface area contributed by atoms with Crippen LogP contribution in [0.3, 0.4) is 0 Å². The van der Waals surface area contributed by atoms with E-state index in [2.05, 4.69) is 16.7 Å². The summed E-state index contributed by atoms with van der Waals surface area (Å²) in [7, 11) is 0. The van der Waals surface area contributed by atoms with E-state index >= 15 is 0 Å². The Morgan fingerprint density at radius 3 is 2.71 bits per heavy atom. The summed E-state index contributed by atoms with van der Waals surface area (Å²) in [6.07, 6.45) is 2.59. The molecule has 24 heavy (non-hydrogen) atoms. The number of phenols is 1. The van der Waals surface area contributed by atoms with Gasteiger partial charge in [0.2, 0.25) is 5.91 Å². The van der Waals surface area contributed by atoms with Gasteiger partial charge in [-0.1, -0.05) is 36.4 Å². The Hall–Kier alpha value is -2.75. The standard InChI is InChI=1S/C20H20N2O2/c21-20(24)14-8-4-9-15-18(14)19-16(10-5-11-17(19)23)22(15)12-13-6-2-1-3-7-13/h1-3,5-7,10-11,14,23H,4,8-9,12H2,(H2,21,24). The zero-order valence-corrected chi connectivity index (χ0v) is 13.4. The Morgan fingerprint density at radius 1 is 1.17 bits per heavy atom. The maximum atomic E-state index is 12.0. The number of carbonyl (C=O) groups is 1.